The molecule has 3 heterocycles. The van der Waals surface area contributed by atoms with Gasteiger partial charge in [0.05, 0.1) is 24.5 Å². The molecule has 0 aliphatic carbocycles. The van der Waals surface area contributed by atoms with Gasteiger partial charge in [0.2, 0.25) is 0 Å². The van der Waals surface area contributed by atoms with Crippen LogP contribution in [0.3, 0.4) is 0 Å². The van der Waals surface area contributed by atoms with E-state index in [9.17, 15) is 13.2 Å². The Labute approximate surface area is 192 Å². The molecule has 3 aromatic heterocycles. The molecule has 9 heteroatoms. The Kier molecular flexibility index (Phi) is 5.24. The van der Waals surface area contributed by atoms with Gasteiger partial charge in [-0.25, -0.2) is 9.97 Å². The van der Waals surface area contributed by atoms with Gasteiger partial charge in [-0.2, -0.15) is 0 Å². The SMILES string of the molecule is COc1c(C)c(-c2cn3cc(Oc4ccc(OC(F)(F)F)cc4)ccc3n2)nc2ccccc12. The lowest BCUT2D eigenvalue weighted by molar-refractivity contribution is -0.274. The topological polar surface area (TPSA) is 57.9 Å². The number of nitrogens with zero attached hydrogens (tertiary/aromatic N) is 3. The Hall–Kier alpha value is -4.27. The number of imidazole rings is 1. The summed E-state index contributed by atoms with van der Waals surface area (Å²) in [5.41, 5.74) is 3.75. The van der Waals surface area contributed by atoms with Crippen molar-refractivity contribution >= 4 is 16.6 Å². The van der Waals surface area contributed by atoms with Crippen molar-refractivity contribution in [3.8, 4) is 34.4 Å². The summed E-state index contributed by atoms with van der Waals surface area (Å²) in [6, 6.07) is 16.5. The molecule has 5 rings (SSSR count). The van der Waals surface area contributed by atoms with Crippen LogP contribution in [0.1, 0.15) is 5.56 Å². The molecule has 0 N–H and O–H groups in total. The van der Waals surface area contributed by atoms with E-state index in [0.717, 1.165) is 22.2 Å². The highest BCUT2D eigenvalue weighted by molar-refractivity contribution is 5.89. The predicted molar refractivity (Wildman–Crippen MR) is 120 cm³/mol. The molecule has 0 amide bonds. The van der Waals surface area contributed by atoms with Crippen LogP contribution in [0.4, 0.5) is 13.2 Å². The van der Waals surface area contributed by atoms with E-state index in [-0.39, 0.29) is 5.75 Å². The maximum absolute atomic E-state index is 12.3. The standard InChI is InChI=1S/C25H18F3N3O3/c1-15-23(30-20-6-4-3-5-19(20)24(15)32-2)21-14-31-13-18(11-12-22(31)29-21)33-16-7-9-17(10-8-16)34-25(26,27)28/h3-14H,1-2H3. The molecule has 0 atom stereocenters. The summed E-state index contributed by atoms with van der Waals surface area (Å²) >= 11 is 0. The summed E-state index contributed by atoms with van der Waals surface area (Å²) in [5, 5.41) is 0.928. The number of ether oxygens (including phenoxy) is 3. The smallest absolute Gasteiger partial charge is 0.496 e. The summed E-state index contributed by atoms with van der Waals surface area (Å²) in [6.45, 7) is 1.94. The zero-order valence-corrected chi connectivity index (χ0v) is 18.1. The van der Waals surface area contributed by atoms with E-state index in [1.807, 2.05) is 37.4 Å². The van der Waals surface area contributed by atoms with Gasteiger partial charge in [-0.15, -0.1) is 13.2 Å². The fourth-order valence-corrected chi connectivity index (χ4v) is 3.78. The molecule has 0 bridgehead atoms. The van der Waals surface area contributed by atoms with E-state index in [4.69, 9.17) is 14.5 Å². The van der Waals surface area contributed by atoms with Crippen molar-refractivity contribution < 1.29 is 27.4 Å². The predicted octanol–water partition coefficient (Wildman–Crippen LogP) is 6.56. The average Bonchev–Trinajstić information content (AvgIpc) is 3.22. The van der Waals surface area contributed by atoms with Gasteiger partial charge in [-0.1, -0.05) is 12.1 Å². The minimum absolute atomic E-state index is 0.316. The molecule has 0 aliphatic heterocycles. The Morgan fingerprint density at radius 3 is 2.26 bits per heavy atom. The van der Waals surface area contributed by atoms with Crippen molar-refractivity contribution in [2.75, 3.05) is 7.11 Å². The Bertz CT molecular complexity index is 1500. The fraction of sp³-hybridized carbons (Fsp3) is 0.120. The number of halogens is 3. The number of para-hydroxylation sites is 1. The van der Waals surface area contributed by atoms with Gasteiger partial charge >= 0.3 is 6.36 Å². The third-order valence-corrected chi connectivity index (χ3v) is 5.24. The van der Waals surface area contributed by atoms with Gasteiger partial charge in [-0.05, 0) is 55.5 Å². The number of hydrogen-bond acceptors (Lipinski definition) is 5. The van der Waals surface area contributed by atoms with Crippen molar-refractivity contribution in [3.63, 3.8) is 0 Å². The number of methoxy groups -OCH3 is 1. The maximum Gasteiger partial charge on any atom is 0.573 e. The van der Waals surface area contributed by atoms with Gasteiger partial charge in [0.1, 0.15) is 34.3 Å². The molecule has 2 aromatic carbocycles. The minimum atomic E-state index is -4.74. The molecule has 0 aliphatic rings. The lowest BCUT2D eigenvalue weighted by Gasteiger charge is -2.11. The van der Waals surface area contributed by atoms with Gasteiger partial charge < -0.3 is 18.6 Å². The van der Waals surface area contributed by atoms with Crippen molar-refractivity contribution in [2.45, 2.75) is 13.3 Å². The monoisotopic (exact) mass is 465 g/mol. The summed E-state index contributed by atoms with van der Waals surface area (Å²) < 4.78 is 54.1. The van der Waals surface area contributed by atoms with E-state index in [0.29, 0.717) is 28.5 Å². The van der Waals surface area contributed by atoms with Crippen molar-refractivity contribution in [3.05, 3.63) is 78.6 Å². The van der Waals surface area contributed by atoms with Gasteiger partial charge in [0.25, 0.3) is 0 Å². The molecule has 0 unspecified atom stereocenters. The molecule has 0 saturated carbocycles. The van der Waals surface area contributed by atoms with E-state index in [1.54, 1.807) is 29.8 Å². The van der Waals surface area contributed by atoms with Crippen LogP contribution in [-0.2, 0) is 0 Å². The molecule has 5 aromatic rings. The first-order chi connectivity index (χ1) is 16.3. The second-order valence-corrected chi connectivity index (χ2v) is 7.51. The van der Waals surface area contributed by atoms with Crippen molar-refractivity contribution in [1.29, 1.82) is 0 Å². The van der Waals surface area contributed by atoms with Crippen LogP contribution >= 0.6 is 0 Å². The highest BCUT2D eigenvalue weighted by Gasteiger charge is 2.31. The largest absolute Gasteiger partial charge is 0.573 e. The van der Waals surface area contributed by atoms with E-state index >= 15 is 0 Å². The molecular weight excluding hydrogens is 447 g/mol. The second kappa shape index (κ2) is 8.26. The number of fused-ring (bicyclic) bond motifs is 2. The first-order valence-electron chi connectivity index (χ1n) is 10.3. The van der Waals surface area contributed by atoms with E-state index < -0.39 is 6.36 Å². The normalized spacial score (nSPS) is 11.7. The molecule has 6 nitrogen and oxygen atoms in total. The van der Waals surface area contributed by atoms with Crippen molar-refractivity contribution in [2.24, 2.45) is 0 Å². The molecule has 34 heavy (non-hydrogen) atoms. The molecular formula is C25H18F3N3O3. The van der Waals surface area contributed by atoms with E-state index in [2.05, 4.69) is 9.72 Å². The lowest BCUT2D eigenvalue weighted by Crippen LogP contribution is -2.16. The molecule has 0 fully saturated rings. The number of rotatable bonds is 5. The van der Waals surface area contributed by atoms with Gasteiger partial charge in [0, 0.05) is 17.1 Å². The fourth-order valence-electron chi connectivity index (χ4n) is 3.78. The summed E-state index contributed by atoms with van der Waals surface area (Å²) in [6.07, 6.45) is -1.17. The van der Waals surface area contributed by atoms with Crippen molar-refractivity contribution in [1.82, 2.24) is 14.4 Å². The number of aromatic nitrogens is 3. The number of pyridine rings is 2. The van der Waals surface area contributed by atoms with Crippen LogP contribution in [0, 0.1) is 6.92 Å². The minimum Gasteiger partial charge on any atom is -0.496 e. The number of alkyl halides is 3. The van der Waals surface area contributed by atoms with Crippen LogP contribution in [0.2, 0.25) is 0 Å². The Morgan fingerprint density at radius 2 is 1.53 bits per heavy atom. The van der Waals surface area contributed by atoms with E-state index in [1.165, 1.54) is 24.3 Å². The van der Waals surface area contributed by atoms with Crippen LogP contribution in [0.5, 0.6) is 23.0 Å². The first kappa shape index (κ1) is 21.6. The number of benzene rings is 2. The second-order valence-electron chi connectivity index (χ2n) is 7.51. The zero-order chi connectivity index (χ0) is 23.9. The van der Waals surface area contributed by atoms with Gasteiger partial charge in [0.15, 0.2) is 0 Å². The maximum atomic E-state index is 12.3. The first-order valence-corrected chi connectivity index (χ1v) is 10.3. The van der Waals surface area contributed by atoms with Crippen LogP contribution in [0.25, 0.3) is 27.9 Å². The van der Waals surface area contributed by atoms with Crippen LogP contribution < -0.4 is 14.2 Å². The highest BCUT2D eigenvalue weighted by atomic mass is 19.4. The molecule has 0 radical (unpaired) electrons. The zero-order valence-electron chi connectivity index (χ0n) is 18.1. The molecule has 0 spiro atoms. The Morgan fingerprint density at radius 1 is 0.824 bits per heavy atom. The highest BCUT2D eigenvalue weighted by Crippen LogP contribution is 2.35. The third-order valence-electron chi connectivity index (χ3n) is 5.24. The van der Waals surface area contributed by atoms with Crippen LogP contribution in [0.15, 0.2) is 73.1 Å². The quantitative estimate of drug-likeness (QED) is 0.294. The lowest BCUT2D eigenvalue weighted by atomic mass is 10.1. The summed E-state index contributed by atoms with van der Waals surface area (Å²) in [5.74, 6) is 1.29. The summed E-state index contributed by atoms with van der Waals surface area (Å²) in [7, 11) is 1.63. The Balaban J connectivity index is 1.45. The third kappa shape index (κ3) is 4.19. The van der Waals surface area contributed by atoms with Crippen LogP contribution in [-0.4, -0.2) is 27.8 Å². The van der Waals surface area contributed by atoms with Gasteiger partial charge in [-0.3, -0.25) is 0 Å². The average molecular weight is 465 g/mol. The number of hydrogen-bond donors (Lipinski definition) is 0. The molecule has 0 saturated heterocycles. The summed E-state index contributed by atoms with van der Waals surface area (Å²) in [4.78, 5) is 9.48. The molecule has 172 valence electrons.